The number of amides is 3. The number of likely N-dealkylation sites (tertiary alicyclic amines) is 1. The monoisotopic (exact) mass is 393 g/mol. The van der Waals surface area contributed by atoms with Gasteiger partial charge in [0.05, 0.1) is 0 Å². The van der Waals surface area contributed by atoms with E-state index in [1.165, 1.54) is 5.56 Å². The van der Waals surface area contributed by atoms with Gasteiger partial charge >= 0.3 is 6.03 Å². The number of carbonyl (C=O) groups excluding carboxylic acids is 2. The summed E-state index contributed by atoms with van der Waals surface area (Å²) in [6.07, 6.45) is 12.7. The van der Waals surface area contributed by atoms with Gasteiger partial charge in [0.25, 0.3) is 0 Å². The molecule has 1 heterocycles. The van der Waals surface area contributed by atoms with E-state index >= 15 is 0 Å². The smallest absolute Gasteiger partial charge is 0.319 e. The van der Waals surface area contributed by atoms with Gasteiger partial charge in [0.2, 0.25) is 5.91 Å². The van der Waals surface area contributed by atoms with E-state index < -0.39 is 12.1 Å². The summed E-state index contributed by atoms with van der Waals surface area (Å²) in [6, 6.07) is 6.84. The van der Waals surface area contributed by atoms with E-state index in [0.717, 1.165) is 17.6 Å². The van der Waals surface area contributed by atoms with Crippen LogP contribution in [-0.4, -0.2) is 47.4 Å². The van der Waals surface area contributed by atoms with E-state index in [-0.39, 0.29) is 11.9 Å². The van der Waals surface area contributed by atoms with Crippen LogP contribution in [0.25, 0.3) is 0 Å². The molecule has 2 rings (SSSR count). The van der Waals surface area contributed by atoms with Crippen molar-refractivity contribution in [2.24, 2.45) is 0 Å². The lowest BCUT2D eigenvalue weighted by Crippen LogP contribution is -2.51. The third kappa shape index (κ3) is 5.74. The molecule has 0 spiro atoms. The van der Waals surface area contributed by atoms with Crippen LogP contribution in [0, 0.1) is 19.3 Å². The van der Waals surface area contributed by atoms with Crippen molar-refractivity contribution in [3.8, 4) is 12.3 Å². The molecule has 0 bridgehead atoms. The standard InChI is InChI=1S/C24H31N3O2/c1-6-10-20(7-2)21(8-3)25-24(29)27-16-9-11-22(27)23(28)26(5)17-19-14-12-18(4)13-15-19/h3,6-7,10,12-15,21-22H,9,11,16-17H2,1-2,4-5H3,(H,25,29)/b10-6-,20-7+/t21?,22-/m1/s1. The van der Waals surface area contributed by atoms with Crippen LogP contribution in [0.15, 0.2) is 48.1 Å². The van der Waals surface area contributed by atoms with Gasteiger partial charge in [-0.05, 0) is 44.7 Å². The number of rotatable bonds is 6. The fourth-order valence-corrected chi connectivity index (χ4v) is 3.55. The summed E-state index contributed by atoms with van der Waals surface area (Å²) in [5.41, 5.74) is 3.10. The van der Waals surface area contributed by atoms with Crippen molar-refractivity contribution in [2.75, 3.05) is 13.6 Å². The fourth-order valence-electron chi connectivity index (χ4n) is 3.55. The molecule has 3 amide bonds. The molecule has 1 aliphatic heterocycles. The molecule has 0 saturated carbocycles. The van der Waals surface area contributed by atoms with Crippen LogP contribution in [0.5, 0.6) is 0 Å². The van der Waals surface area contributed by atoms with Gasteiger partial charge in [0.1, 0.15) is 12.1 Å². The van der Waals surface area contributed by atoms with Crippen molar-refractivity contribution in [1.29, 1.82) is 0 Å². The minimum atomic E-state index is -0.523. The summed E-state index contributed by atoms with van der Waals surface area (Å²) in [5, 5.41) is 2.88. The molecular weight excluding hydrogens is 362 g/mol. The van der Waals surface area contributed by atoms with Crippen LogP contribution in [-0.2, 0) is 11.3 Å². The zero-order chi connectivity index (χ0) is 21.4. The topological polar surface area (TPSA) is 52.7 Å². The molecule has 0 aromatic heterocycles. The second-order valence-corrected chi connectivity index (χ2v) is 7.37. The summed E-state index contributed by atoms with van der Waals surface area (Å²) >= 11 is 0. The molecule has 0 aliphatic carbocycles. The number of likely N-dealkylation sites (N-methyl/N-ethyl adjacent to an activating group) is 1. The van der Waals surface area contributed by atoms with Crippen LogP contribution in [0.2, 0.25) is 0 Å². The lowest BCUT2D eigenvalue weighted by Gasteiger charge is -2.29. The van der Waals surface area contributed by atoms with E-state index in [9.17, 15) is 9.59 Å². The number of nitrogens with zero attached hydrogens (tertiary/aromatic N) is 2. The Labute approximate surface area is 174 Å². The van der Waals surface area contributed by atoms with E-state index in [1.807, 2.05) is 63.3 Å². The Hall–Kier alpha value is -3.00. The zero-order valence-electron chi connectivity index (χ0n) is 17.8. The second kappa shape index (κ2) is 10.5. The molecule has 2 atom stereocenters. The highest BCUT2D eigenvalue weighted by Gasteiger charge is 2.36. The normalized spacial score (nSPS) is 17.8. The van der Waals surface area contributed by atoms with Crippen LogP contribution in [0.4, 0.5) is 4.79 Å². The number of hydrogen-bond acceptors (Lipinski definition) is 2. The van der Waals surface area contributed by atoms with Gasteiger partial charge in [-0.3, -0.25) is 4.79 Å². The molecule has 5 nitrogen and oxygen atoms in total. The number of terminal acetylenes is 1. The largest absolute Gasteiger partial charge is 0.340 e. The predicted molar refractivity (Wildman–Crippen MR) is 117 cm³/mol. The maximum Gasteiger partial charge on any atom is 0.319 e. The predicted octanol–water partition coefficient (Wildman–Crippen LogP) is 3.65. The molecule has 29 heavy (non-hydrogen) atoms. The molecule has 1 aliphatic rings. The number of nitrogens with one attached hydrogen (secondary N) is 1. The van der Waals surface area contributed by atoms with Crippen LogP contribution >= 0.6 is 0 Å². The molecule has 1 aromatic rings. The lowest BCUT2D eigenvalue weighted by atomic mass is 10.1. The Bertz CT molecular complexity index is 818. The maximum atomic E-state index is 13.0. The first-order valence-corrected chi connectivity index (χ1v) is 10.0. The summed E-state index contributed by atoms with van der Waals surface area (Å²) < 4.78 is 0. The van der Waals surface area contributed by atoms with Gasteiger partial charge in [-0.2, -0.15) is 0 Å². The van der Waals surface area contributed by atoms with E-state index in [0.29, 0.717) is 19.5 Å². The quantitative estimate of drug-likeness (QED) is 0.592. The third-order valence-electron chi connectivity index (χ3n) is 5.18. The minimum Gasteiger partial charge on any atom is -0.340 e. The summed E-state index contributed by atoms with van der Waals surface area (Å²) in [6.45, 7) is 6.88. The van der Waals surface area contributed by atoms with Crippen molar-refractivity contribution in [1.82, 2.24) is 15.1 Å². The zero-order valence-corrected chi connectivity index (χ0v) is 17.8. The van der Waals surface area contributed by atoms with Gasteiger partial charge in [-0.1, -0.05) is 54.0 Å². The Morgan fingerprint density at radius 1 is 1.34 bits per heavy atom. The molecular formula is C24H31N3O2. The number of allylic oxidation sites excluding steroid dienone is 2. The van der Waals surface area contributed by atoms with Crippen LogP contribution < -0.4 is 5.32 Å². The highest BCUT2D eigenvalue weighted by atomic mass is 16.2. The molecule has 154 valence electrons. The minimum absolute atomic E-state index is 0.0461. The molecule has 1 saturated heterocycles. The average Bonchev–Trinajstić information content (AvgIpc) is 3.21. The Morgan fingerprint density at radius 3 is 2.62 bits per heavy atom. The van der Waals surface area contributed by atoms with Gasteiger partial charge < -0.3 is 15.1 Å². The first-order valence-electron chi connectivity index (χ1n) is 10.0. The molecule has 5 heteroatoms. The second-order valence-electron chi connectivity index (χ2n) is 7.37. The van der Waals surface area contributed by atoms with Gasteiger partial charge in [-0.25, -0.2) is 4.79 Å². The Balaban J connectivity index is 2.05. The summed E-state index contributed by atoms with van der Waals surface area (Å²) in [4.78, 5) is 29.2. The molecule has 0 radical (unpaired) electrons. The molecule has 1 aromatic carbocycles. The lowest BCUT2D eigenvalue weighted by molar-refractivity contribution is -0.134. The SMILES string of the molecule is C#CC(NC(=O)N1CCC[C@@H]1C(=O)N(C)Cc1ccc(C)cc1)C(/C=C\C)=C/C. The van der Waals surface area contributed by atoms with E-state index in [1.54, 1.807) is 16.8 Å². The first-order chi connectivity index (χ1) is 13.9. The third-order valence-corrected chi connectivity index (χ3v) is 5.18. The van der Waals surface area contributed by atoms with Crippen LogP contribution in [0.3, 0.4) is 0 Å². The number of hydrogen-bond donors (Lipinski definition) is 1. The molecule has 1 N–H and O–H groups in total. The van der Waals surface area contributed by atoms with Crippen molar-refractivity contribution < 1.29 is 9.59 Å². The summed E-state index contributed by atoms with van der Waals surface area (Å²) in [5.74, 6) is 2.58. The van der Waals surface area contributed by atoms with Crippen molar-refractivity contribution in [2.45, 2.75) is 52.2 Å². The van der Waals surface area contributed by atoms with Crippen molar-refractivity contribution in [3.63, 3.8) is 0 Å². The van der Waals surface area contributed by atoms with E-state index in [4.69, 9.17) is 6.42 Å². The Morgan fingerprint density at radius 2 is 2.03 bits per heavy atom. The highest BCUT2D eigenvalue weighted by Crippen LogP contribution is 2.20. The average molecular weight is 394 g/mol. The van der Waals surface area contributed by atoms with Gasteiger partial charge in [0.15, 0.2) is 0 Å². The highest BCUT2D eigenvalue weighted by molar-refractivity contribution is 5.88. The number of urea groups is 1. The number of aryl methyl sites for hydroxylation is 1. The first kappa shape index (κ1) is 22.3. The number of benzene rings is 1. The van der Waals surface area contributed by atoms with E-state index in [2.05, 4.69) is 11.2 Å². The molecule has 1 fully saturated rings. The Kier molecular flexibility index (Phi) is 8.09. The van der Waals surface area contributed by atoms with Crippen LogP contribution in [0.1, 0.15) is 37.8 Å². The van der Waals surface area contributed by atoms with Gasteiger partial charge in [0, 0.05) is 20.1 Å². The fraction of sp³-hybridized carbons (Fsp3) is 0.417. The maximum absolute atomic E-state index is 13.0. The number of carbonyl (C=O) groups is 2. The summed E-state index contributed by atoms with van der Waals surface area (Å²) in [7, 11) is 1.78. The van der Waals surface area contributed by atoms with Crippen molar-refractivity contribution in [3.05, 3.63) is 59.2 Å². The van der Waals surface area contributed by atoms with Gasteiger partial charge in [-0.15, -0.1) is 6.42 Å². The van der Waals surface area contributed by atoms with Crippen molar-refractivity contribution >= 4 is 11.9 Å². The molecule has 1 unspecified atom stereocenters.